The summed E-state index contributed by atoms with van der Waals surface area (Å²) in [6.45, 7) is 2.49. The first-order valence-electron chi connectivity index (χ1n) is 13.2. The van der Waals surface area contributed by atoms with Gasteiger partial charge in [-0.1, -0.05) is 74.4 Å². The largest absolute Gasteiger partial charge is 0.497 e. The highest BCUT2D eigenvalue weighted by atomic mass is 16.7. The topological polar surface area (TPSA) is 111 Å². The van der Waals surface area contributed by atoms with Crippen LogP contribution < -0.4 is 16.0 Å². The number of aliphatic hydroxyl groups excluding tert-OH is 1. The first-order valence-corrected chi connectivity index (χ1v) is 13.2. The van der Waals surface area contributed by atoms with Crippen LogP contribution in [0.15, 0.2) is 78.9 Å². The van der Waals surface area contributed by atoms with Crippen molar-refractivity contribution in [3.05, 3.63) is 101 Å². The third-order valence-corrected chi connectivity index (χ3v) is 6.77. The minimum Gasteiger partial charge on any atom is -0.497 e. The van der Waals surface area contributed by atoms with E-state index in [1.165, 1.54) is 0 Å². The Morgan fingerprint density at radius 1 is 0.895 bits per heavy atom. The van der Waals surface area contributed by atoms with Crippen LogP contribution in [-0.4, -0.2) is 36.7 Å². The van der Waals surface area contributed by atoms with Crippen LogP contribution in [0.3, 0.4) is 0 Å². The number of nitrogens with one attached hydrogen (secondary N) is 1. The van der Waals surface area contributed by atoms with Crippen LogP contribution in [0, 0.1) is 0 Å². The number of methoxy groups -OCH3 is 1. The highest BCUT2D eigenvalue weighted by Crippen LogP contribution is 2.44. The van der Waals surface area contributed by atoms with Crippen molar-refractivity contribution in [3.63, 3.8) is 0 Å². The number of benzene rings is 3. The Kier molecular flexibility index (Phi) is 10.9. The van der Waals surface area contributed by atoms with Gasteiger partial charge in [-0.15, -0.1) is 0 Å². The summed E-state index contributed by atoms with van der Waals surface area (Å²) in [5.74, 6) is -0.285. The fourth-order valence-electron chi connectivity index (χ4n) is 4.82. The van der Waals surface area contributed by atoms with Crippen LogP contribution >= 0.6 is 0 Å². The SMILES string of the molecule is CCCC(=O)NOC(=O)c1ccc(C(c2ccccc2)(c2ccc(OC)cc2)C(O)CCCCCN)cc1. The molecule has 3 aromatic rings. The molecule has 0 radical (unpaired) electrons. The van der Waals surface area contributed by atoms with Crippen molar-refractivity contribution in [2.45, 2.75) is 57.0 Å². The molecule has 7 heteroatoms. The maximum atomic E-state index is 12.6. The van der Waals surface area contributed by atoms with Crippen LogP contribution in [-0.2, 0) is 15.0 Å². The molecule has 38 heavy (non-hydrogen) atoms. The average Bonchev–Trinajstić information content (AvgIpc) is 2.96. The van der Waals surface area contributed by atoms with Crippen molar-refractivity contribution in [1.82, 2.24) is 5.48 Å². The zero-order valence-electron chi connectivity index (χ0n) is 22.2. The molecule has 4 N–H and O–H groups in total. The van der Waals surface area contributed by atoms with E-state index >= 15 is 0 Å². The summed E-state index contributed by atoms with van der Waals surface area (Å²) in [4.78, 5) is 29.2. The molecule has 0 aliphatic heterocycles. The number of hydroxylamine groups is 1. The van der Waals surface area contributed by atoms with Crippen molar-refractivity contribution in [3.8, 4) is 5.75 Å². The number of rotatable bonds is 13. The van der Waals surface area contributed by atoms with E-state index in [4.69, 9.17) is 15.3 Å². The van der Waals surface area contributed by atoms with Gasteiger partial charge in [0, 0.05) is 6.42 Å². The number of aliphatic hydroxyl groups is 1. The van der Waals surface area contributed by atoms with Gasteiger partial charge < -0.3 is 20.4 Å². The molecule has 202 valence electrons. The first kappa shape index (κ1) is 28.9. The van der Waals surface area contributed by atoms with Gasteiger partial charge in [-0.2, -0.15) is 5.48 Å². The summed E-state index contributed by atoms with van der Waals surface area (Å²) in [5, 5.41) is 11.9. The summed E-state index contributed by atoms with van der Waals surface area (Å²) in [6.07, 6.45) is 3.38. The number of carbonyl (C=O) groups is 2. The minimum absolute atomic E-state index is 0.275. The second-order valence-corrected chi connectivity index (χ2v) is 9.30. The maximum absolute atomic E-state index is 12.6. The van der Waals surface area contributed by atoms with Crippen molar-refractivity contribution in [2.75, 3.05) is 13.7 Å². The standard InChI is InChI=1S/C31H38N2O5/c1-3-10-29(35)33-38-30(36)23-14-16-25(17-15-23)31(24-11-6-4-7-12-24,28(34)13-8-5-9-22-32)26-18-20-27(37-2)21-19-26/h4,6-7,11-12,14-21,28,34H,3,5,8-10,13,22,32H2,1-2H3,(H,33,35). The molecular weight excluding hydrogens is 480 g/mol. The molecular formula is C31H38N2O5. The van der Waals surface area contributed by atoms with Crippen molar-refractivity contribution in [2.24, 2.45) is 5.73 Å². The molecule has 0 saturated carbocycles. The molecule has 2 atom stereocenters. The smallest absolute Gasteiger partial charge is 0.362 e. The van der Waals surface area contributed by atoms with Crippen LogP contribution in [0.25, 0.3) is 0 Å². The number of hydrogen-bond donors (Lipinski definition) is 3. The van der Waals surface area contributed by atoms with Gasteiger partial charge in [0.25, 0.3) is 5.91 Å². The van der Waals surface area contributed by atoms with Gasteiger partial charge in [-0.3, -0.25) is 4.79 Å². The van der Waals surface area contributed by atoms with Crippen LogP contribution in [0.5, 0.6) is 5.75 Å². The van der Waals surface area contributed by atoms with Crippen LogP contribution in [0.1, 0.15) is 72.5 Å². The Bertz CT molecular complexity index is 1150. The molecule has 7 nitrogen and oxygen atoms in total. The lowest BCUT2D eigenvalue weighted by molar-refractivity contribution is -0.130. The number of unbranched alkanes of at least 4 members (excludes halogenated alkanes) is 2. The number of nitrogens with two attached hydrogens (primary N) is 1. The van der Waals surface area contributed by atoms with E-state index < -0.39 is 17.5 Å². The number of amides is 1. The molecule has 0 spiro atoms. The molecule has 0 fully saturated rings. The monoisotopic (exact) mass is 518 g/mol. The second-order valence-electron chi connectivity index (χ2n) is 9.30. The van der Waals surface area contributed by atoms with E-state index in [1.54, 1.807) is 19.2 Å². The molecule has 0 bridgehead atoms. The first-order chi connectivity index (χ1) is 18.5. The number of ether oxygens (including phenoxy) is 1. The lowest BCUT2D eigenvalue weighted by Crippen LogP contribution is -2.42. The Balaban J connectivity index is 2.06. The lowest BCUT2D eigenvalue weighted by Gasteiger charge is -2.40. The summed E-state index contributed by atoms with van der Waals surface area (Å²) >= 11 is 0. The zero-order chi connectivity index (χ0) is 27.4. The molecule has 2 unspecified atom stereocenters. The number of hydrogen-bond acceptors (Lipinski definition) is 6. The van der Waals surface area contributed by atoms with Gasteiger partial charge in [0.2, 0.25) is 0 Å². The Morgan fingerprint density at radius 3 is 2.08 bits per heavy atom. The molecule has 1 amide bonds. The second kappa shape index (κ2) is 14.3. The van der Waals surface area contributed by atoms with Crippen molar-refractivity contribution >= 4 is 11.9 Å². The zero-order valence-corrected chi connectivity index (χ0v) is 22.2. The summed E-state index contributed by atoms with van der Waals surface area (Å²) in [5.41, 5.74) is 9.92. The average molecular weight is 519 g/mol. The Morgan fingerprint density at radius 2 is 1.50 bits per heavy atom. The normalized spacial score (nSPS) is 13.3. The third-order valence-electron chi connectivity index (χ3n) is 6.77. The fraction of sp³-hybridized carbons (Fsp3) is 0.355. The minimum atomic E-state index is -0.909. The summed E-state index contributed by atoms with van der Waals surface area (Å²) in [7, 11) is 1.62. The maximum Gasteiger partial charge on any atom is 0.362 e. The fourth-order valence-corrected chi connectivity index (χ4v) is 4.82. The van der Waals surface area contributed by atoms with Gasteiger partial charge in [0.1, 0.15) is 5.75 Å². The van der Waals surface area contributed by atoms with Gasteiger partial charge >= 0.3 is 5.97 Å². The molecule has 0 aliphatic carbocycles. The molecule has 3 rings (SSSR count). The summed E-state index contributed by atoms with van der Waals surface area (Å²) in [6, 6.07) is 24.6. The highest BCUT2D eigenvalue weighted by molar-refractivity contribution is 5.90. The molecule has 0 aliphatic rings. The number of carbonyl (C=O) groups excluding carboxylic acids is 2. The molecule has 3 aromatic carbocycles. The van der Waals surface area contributed by atoms with Crippen LogP contribution in [0.2, 0.25) is 0 Å². The van der Waals surface area contributed by atoms with E-state index in [2.05, 4.69) is 5.48 Å². The predicted molar refractivity (Wildman–Crippen MR) is 148 cm³/mol. The van der Waals surface area contributed by atoms with Gasteiger partial charge in [0.15, 0.2) is 0 Å². The van der Waals surface area contributed by atoms with Gasteiger partial charge in [-0.05, 0) is 66.8 Å². The van der Waals surface area contributed by atoms with Crippen molar-refractivity contribution in [1.29, 1.82) is 0 Å². The third kappa shape index (κ3) is 6.79. The van der Waals surface area contributed by atoms with E-state index in [0.717, 1.165) is 41.7 Å². The van der Waals surface area contributed by atoms with Gasteiger partial charge in [0.05, 0.1) is 24.2 Å². The van der Waals surface area contributed by atoms with E-state index in [0.29, 0.717) is 24.9 Å². The highest BCUT2D eigenvalue weighted by Gasteiger charge is 2.43. The molecule has 0 saturated heterocycles. The predicted octanol–water partition coefficient (Wildman–Crippen LogP) is 4.90. The van der Waals surface area contributed by atoms with Crippen molar-refractivity contribution < 1.29 is 24.3 Å². The molecule has 0 aromatic heterocycles. The van der Waals surface area contributed by atoms with Gasteiger partial charge in [-0.25, -0.2) is 4.79 Å². The lowest BCUT2D eigenvalue weighted by atomic mass is 9.64. The van der Waals surface area contributed by atoms with E-state index in [9.17, 15) is 14.7 Å². The quantitative estimate of drug-likeness (QED) is 0.169. The van der Waals surface area contributed by atoms with E-state index in [1.807, 2.05) is 73.7 Å². The molecule has 0 heterocycles. The van der Waals surface area contributed by atoms with Crippen LogP contribution in [0.4, 0.5) is 0 Å². The summed E-state index contributed by atoms with van der Waals surface area (Å²) < 4.78 is 5.39. The Hall–Kier alpha value is -3.68. The Labute approximate surface area is 224 Å². The van der Waals surface area contributed by atoms with E-state index in [-0.39, 0.29) is 12.3 Å².